The first kappa shape index (κ1) is 19.4. The van der Waals surface area contributed by atoms with Crippen LogP contribution in [0.2, 0.25) is 0 Å². The summed E-state index contributed by atoms with van der Waals surface area (Å²) < 4.78 is 29.4. The van der Waals surface area contributed by atoms with Crippen molar-refractivity contribution in [1.29, 1.82) is 0 Å². The van der Waals surface area contributed by atoms with Gasteiger partial charge in [0.25, 0.3) is 10.1 Å². The Labute approximate surface area is 123 Å². The number of amides is 1. The molecule has 0 saturated carbocycles. The Kier molecular flexibility index (Phi) is 11.8. The largest absolute Gasteiger partial charge is 0.356 e. The van der Waals surface area contributed by atoms with Crippen LogP contribution in [0.4, 0.5) is 0 Å². The normalized spacial score (nSPS) is 11.5. The fraction of sp³-hybridized carbons (Fsp3) is 0.929. The van der Waals surface area contributed by atoms with Crippen molar-refractivity contribution in [1.82, 2.24) is 5.32 Å². The predicted octanol–water partition coefficient (Wildman–Crippen LogP) is 2.91. The number of rotatable bonds is 13. The molecule has 0 spiro atoms. The van der Waals surface area contributed by atoms with Crippen molar-refractivity contribution in [3.05, 3.63) is 0 Å². The molecule has 0 aliphatic rings. The number of hydrogen-bond acceptors (Lipinski definition) is 3. The molecule has 0 fully saturated rings. The second kappa shape index (κ2) is 12.1. The number of unbranched alkanes of at least 4 members (excludes halogenated alkanes) is 7. The van der Waals surface area contributed by atoms with Gasteiger partial charge in [-0.1, -0.05) is 51.9 Å². The Balaban J connectivity index is 3.29. The van der Waals surface area contributed by atoms with Crippen LogP contribution in [0.25, 0.3) is 0 Å². The van der Waals surface area contributed by atoms with E-state index >= 15 is 0 Å². The predicted molar refractivity (Wildman–Crippen MR) is 81.3 cm³/mol. The maximum Gasteiger partial charge on any atom is 0.264 e. The highest BCUT2D eigenvalue weighted by molar-refractivity contribution is 7.85. The third-order valence-corrected chi connectivity index (χ3v) is 3.96. The van der Waals surface area contributed by atoms with Crippen LogP contribution >= 0.6 is 0 Å². The van der Waals surface area contributed by atoms with Gasteiger partial charge in [0.2, 0.25) is 5.91 Å². The molecule has 0 aromatic heterocycles. The van der Waals surface area contributed by atoms with Crippen molar-refractivity contribution < 1.29 is 17.8 Å². The summed E-state index contributed by atoms with van der Waals surface area (Å²) in [5.74, 6) is -0.336. The minimum Gasteiger partial charge on any atom is -0.356 e. The Bertz CT molecular complexity index is 341. The highest BCUT2D eigenvalue weighted by Crippen LogP contribution is 2.09. The van der Waals surface area contributed by atoms with Crippen LogP contribution in [-0.4, -0.2) is 31.2 Å². The second-order valence-electron chi connectivity index (χ2n) is 5.21. The summed E-state index contributed by atoms with van der Waals surface area (Å²) in [5, 5.41) is 2.66. The van der Waals surface area contributed by atoms with Crippen LogP contribution in [0.1, 0.15) is 71.1 Å². The summed E-state index contributed by atoms with van der Waals surface area (Å²) in [6.07, 6.45) is 10.3. The summed E-state index contributed by atoms with van der Waals surface area (Å²) in [7, 11) is -3.91. The molecule has 0 saturated heterocycles. The van der Waals surface area contributed by atoms with Crippen LogP contribution in [0, 0.1) is 0 Å². The van der Waals surface area contributed by atoms with Gasteiger partial charge in [-0.2, -0.15) is 8.42 Å². The summed E-state index contributed by atoms with van der Waals surface area (Å²) in [4.78, 5) is 11.4. The molecule has 0 rings (SSSR count). The fourth-order valence-electron chi connectivity index (χ4n) is 1.99. The van der Waals surface area contributed by atoms with E-state index in [4.69, 9.17) is 4.55 Å². The zero-order chi connectivity index (χ0) is 15.3. The molecule has 5 nitrogen and oxygen atoms in total. The van der Waals surface area contributed by atoms with Crippen molar-refractivity contribution >= 4 is 16.0 Å². The molecule has 20 heavy (non-hydrogen) atoms. The third kappa shape index (κ3) is 15.4. The minimum atomic E-state index is -3.91. The molecule has 1 amide bonds. The van der Waals surface area contributed by atoms with Crippen LogP contribution in [0.3, 0.4) is 0 Å². The van der Waals surface area contributed by atoms with Gasteiger partial charge in [0.15, 0.2) is 0 Å². The number of carbonyl (C=O) groups excluding carboxylic acids is 1. The standard InChI is InChI=1S/C14H29NO4S/c1-2-3-4-5-6-7-8-9-11-14(16)15-12-10-13-20(17,18)19/h2-13H2,1H3,(H,15,16)(H,17,18,19). The number of nitrogens with one attached hydrogen (secondary N) is 1. The smallest absolute Gasteiger partial charge is 0.264 e. The van der Waals surface area contributed by atoms with Crippen LogP contribution in [-0.2, 0) is 14.9 Å². The maximum atomic E-state index is 11.4. The van der Waals surface area contributed by atoms with Gasteiger partial charge in [0, 0.05) is 13.0 Å². The lowest BCUT2D eigenvalue weighted by Gasteiger charge is -2.04. The lowest BCUT2D eigenvalue weighted by atomic mass is 10.1. The molecular formula is C14H29NO4S. The molecule has 0 heterocycles. The Morgan fingerprint density at radius 2 is 1.50 bits per heavy atom. The summed E-state index contributed by atoms with van der Waals surface area (Å²) in [6, 6.07) is 0. The molecule has 0 aliphatic heterocycles. The van der Waals surface area contributed by atoms with Crippen molar-refractivity contribution in [2.24, 2.45) is 0 Å². The fourth-order valence-corrected chi connectivity index (χ4v) is 2.50. The van der Waals surface area contributed by atoms with Crippen LogP contribution < -0.4 is 5.32 Å². The second-order valence-corrected chi connectivity index (χ2v) is 6.79. The van der Waals surface area contributed by atoms with Gasteiger partial charge in [-0.05, 0) is 12.8 Å². The Hall–Kier alpha value is -0.620. The summed E-state index contributed by atoms with van der Waals surface area (Å²) in [6.45, 7) is 2.50. The van der Waals surface area contributed by atoms with E-state index in [1.54, 1.807) is 0 Å². The zero-order valence-corrected chi connectivity index (χ0v) is 13.4. The van der Waals surface area contributed by atoms with E-state index in [2.05, 4.69) is 12.2 Å². The van der Waals surface area contributed by atoms with Gasteiger partial charge in [-0.15, -0.1) is 0 Å². The molecule has 0 radical (unpaired) electrons. The minimum absolute atomic E-state index is 0.0358. The van der Waals surface area contributed by atoms with Gasteiger partial charge in [-0.3, -0.25) is 9.35 Å². The molecular weight excluding hydrogens is 278 g/mol. The molecule has 0 aliphatic carbocycles. The van der Waals surface area contributed by atoms with Crippen molar-refractivity contribution in [3.63, 3.8) is 0 Å². The monoisotopic (exact) mass is 307 g/mol. The third-order valence-electron chi connectivity index (χ3n) is 3.16. The van der Waals surface area contributed by atoms with E-state index in [-0.39, 0.29) is 18.1 Å². The first-order chi connectivity index (χ1) is 9.45. The van der Waals surface area contributed by atoms with Gasteiger partial charge in [-0.25, -0.2) is 0 Å². The number of hydrogen-bond donors (Lipinski definition) is 2. The maximum absolute atomic E-state index is 11.4. The average Bonchev–Trinajstić information content (AvgIpc) is 2.37. The van der Waals surface area contributed by atoms with Crippen molar-refractivity contribution in [3.8, 4) is 0 Å². The first-order valence-corrected chi connectivity index (χ1v) is 9.28. The van der Waals surface area contributed by atoms with E-state index < -0.39 is 10.1 Å². The van der Waals surface area contributed by atoms with Gasteiger partial charge < -0.3 is 5.32 Å². The van der Waals surface area contributed by atoms with E-state index in [9.17, 15) is 13.2 Å². The van der Waals surface area contributed by atoms with Crippen molar-refractivity contribution in [2.75, 3.05) is 12.3 Å². The SMILES string of the molecule is CCCCCCCCCCC(=O)NCCCS(=O)(=O)O. The van der Waals surface area contributed by atoms with E-state index in [1.807, 2.05) is 0 Å². The quantitative estimate of drug-likeness (QED) is 0.405. The topological polar surface area (TPSA) is 83.5 Å². The Morgan fingerprint density at radius 1 is 0.950 bits per heavy atom. The molecule has 0 bridgehead atoms. The van der Waals surface area contributed by atoms with Crippen LogP contribution in [0.15, 0.2) is 0 Å². The summed E-state index contributed by atoms with van der Waals surface area (Å²) >= 11 is 0. The molecule has 0 aromatic rings. The first-order valence-electron chi connectivity index (χ1n) is 7.67. The average molecular weight is 307 g/mol. The van der Waals surface area contributed by atoms with E-state index in [0.29, 0.717) is 13.0 Å². The van der Waals surface area contributed by atoms with E-state index in [0.717, 1.165) is 12.8 Å². The highest BCUT2D eigenvalue weighted by Gasteiger charge is 2.05. The van der Waals surface area contributed by atoms with Gasteiger partial charge in [0.1, 0.15) is 0 Å². The van der Waals surface area contributed by atoms with Gasteiger partial charge in [0.05, 0.1) is 5.75 Å². The highest BCUT2D eigenvalue weighted by atomic mass is 32.2. The number of carbonyl (C=O) groups is 1. The zero-order valence-electron chi connectivity index (χ0n) is 12.6. The molecule has 120 valence electrons. The Morgan fingerprint density at radius 3 is 2.05 bits per heavy atom. The van der Waals surface area contributed by atoms with Crippen molar-refractivity contribution in [2.45, 2.75) is 71.1 Å². The molecule has 0 aromatic carbocycles. The summed E-state index contributed by atoms with van der Waals surface area (Å²) in [5.41, 5.74) is 0. The lowest BCUT2D eigenvalue weighted by molar-refractivity contribution is -0.121. The van der Waals surface area contributed by atoms with E-state index in [1.165, 1.54) is 38.5 Å². The van der Waals surface area contributed by atoms with Gasteiger partial charge >= 0.3 is 0 Å². The molecule has 2 N–H and O–H groups in total. The molecule has 0 unspecified atom stereocenters. The lowest BCUT2D eigenvalue weighted by Crippen LogP contribution is -2.25. The molecule has 0 atom stereocenters. The molecule has 6 heteroatoms. The van der Waals surface area contributed by atoms with Crippen LogP contribution in [0.5, 0.6) is 0 Å².